The van der Waals surface area contributed by atoms with Crippen LogP contribution >= 0.6 is 34.8 Å². The van der Waals surface area contributed by atoms with E-state index in [4.69, 9.17) is 34.8 Å². The van der Waals surface area contributed by atoms with E-state index in [9.17, 15) is 10.2 Å². The van der Waals surface area contributed by atoms with Gasteiger partial charge in [0, 0.05) is 17.5 Å². The van der Waals surface area contributed by atoms with Crippen molar-refractivity contribution in [3.63, 3.8) is 0 Å². The minimum absolute atomic E-state index is 0.330. The maximum absolute atomic E-state index is 10.8. The molecule has 2 aromatic rings. The first kappa shape index (κ1) is 19.7. The molecule has 1 atom stereocenters. The van der Waals surface area contributed by atoms with Crippen LogP contribution in [0, 0.1) is 23.7 Å². The third-order valence-corrected chi connectivity index (χ3v) is 4.00. The molecule has 0 heterocycles. The van der Waals surface area contributed by atoms with E-state index in [0.29, 0.717) is 11.1 Å². The van der Waals surface area contributed by atoms with Crippen molar-refractivity contribution in [3.05, 3.63) is 71.8 Å². The summed E-state index contributed by atoms with van der Waals surface area (Å²) in [6.07, 6.45) is -1.76. The molecule has 128 valence electrons. The average molecular weight is 394 g/mol. The summed E-state index contributed by atoms with van der Waals surface area (Å²) in [5.41, 5.74) is -0.439. The van der Waals surface area contributed by atoms with E-state index < -0.39 is 15.5 Å². The number of alkyl halides is 3. The van der Waals surface area contributed by atoms with Gasteiger partial charge in [-0.2, -0.15) is 0 Å². The molecule has 0 bridgehead atoms. The summed E-state index contributed by atoms with van der Waals surface area (Å²) in [4.78, 5) is 0. The number of aliphatic hydroxyl groups is 2. The fourth-order valence-corrected chi connectivity index (χ4v) is 2.15. The van der Waals surface area contributed by atoms with Crippen LogP contribution in [-0.2, 0) is 0 Å². The van der Waals surface area contributed by atoms with Crippen LogP contribution in [-0.4, -0.2) is 25.7 Å². The molecule has 0 aliphatic carbocycles. The van der Waals surface area contributed by atoms with E-state index in [1.165, 1.54) is 0 Å². The number of halogens is 3. The van der Waals surface area contributed by atoms with E-state index >= 15 is 0 Å². The molecule has 0 radical (unpaired) electrons. The Bertz CT molecular complexity index is 749. The largest absolute Gasteiger partial charge is 0.388 e. The fourth-order valence-electron chi connectivity index (χ4n) is 1.92. The number of benzene rings is 2. The minimum Gasteiger partial charge on any atom is -0.388 e. The summed E-state index contributed by atoms with van der Waals surface area (Å²) in [6, 6.07) is 18.2. The number of hydrogen-bond acceptors (Lipinski definition) is 2. The van der Waals surface area contributed by atoms with Gasteiger partial charge in [0.25, 0.3) is 0 Å². The lowest BCUT2D eigenvalue weighted by atomic mass is 9.96. The zero-order valence-electron chi connectivity index (χ0n) is 13.1. The van der Waals surface area contributed by atoms with E-state index in [1.807, 2.05) is 36.4 Å². The van der Waals surface area contributed by atoms with Crippen LogP contribution in [0.3, 0.4) is 0 Å². The Morgan fingerprint density at radius 2 is 1.20 bits per heavy atom. The second-order valence-electron chi connectivity index (χ2n) is 5.35. The van der Waals surface area contributed by atoms with E-state index in [1.54, 1.807) is 24.3 Å². The molecule has 0 aromatic heterocycles. The van der Waals surface area contributed by atoms with Crippen LogP contribution in [0.5, 0.6) is 0 Å². The summed E-state index contributed by atoms with van der Waals surface area (Å²) in [5, 5.41) is 20.8. The van der Waals surface area contributed by atoms with Gasteiger partial charge in [-0.1, -0.05) is 83.0 Å². The Balaban J connectivity index is 2.34. The van der Waals surface area contributed by atoms with E-state index in [-0.39, 0.29) is 6.42 Å². The molecule has 0 spiro atoms. The second kappa shape index (κ2) is 8.63. The van der Waals surface area contributed by atoms with Gasteiger partial charge in [0.05, 0.1) is 0 Å². The lowest BCUT2D eigenvalue weighted by molar-refractivity contribution is 0.0740. The molecule has 2 aromatic carbocycles. The fraction of sp³-hybridized carbons (Fsp3) is 0.200. The Morgan fingerprint density at radius 3 is 1.56 bits per heavy atom. The third kappa shape index (κ3) is 6.63. The zero-order chi connectivity index (χ0) is 18.3. The summed E-state index contributed by atoms with van der Waals surface area (Å²) in [5.74, 6) is 11.0. The van der Waals surface area contributed by atoms with Crippen LogP contribution in [0.2, 0.25) is 0 Å². The third-order valence-electron chi connectivity index (χ3n) is 3.24. The van der Waals surface area contributed by atoms with Crippen molar-refractivity contribution in [1.82, 2.24) is 0 Å². The first-order valence-electron chi connectivity index (χ1n) is 7.42. The summed E-state index contributed by atoms with van der Waals surface area (Å²) >= 11 is 17.1. The molecule has 2 rings (SSSR count). The smallest absolute Gasteiger partial charge is 0.216 e. The van der Waals surface area contributed by atoms with Gasteiger partial charge in [-0.15, -0.1) is 0 Å². The molecule has 0 aliphatic rings. The standard InChI is InChI=1S/C20H15Cl3O2/c21-20(22,23)18(24)15-19(25,13-11-16-7-3-1-4-8-16)14-12-17-9-5-2-6-10-17/h1-10,18,24-25H,15H2/t18-/m1/s1. The highest BCUT2D eigenvalue weighted by molar-refractivity contribution is 6.68. The van der Waals surface area contributed by atoms with Gasteiger partial charge in [-0.25, -0.2) is 0 Å². The molecular formula is C20H15Cl3O2. The summed E-state index contributed by atoms with van der Waals surface area (Å²) in [7, 11) is 0. The first-order chi connectivity index (χ1) is 11.8. The molecule has 2 nitrogen and oxygen atoms in total. The van der Waals surface area contributed by atoms with Crippen molar-refractivity contribution < 1.29 is 10.2 Å². The quantitative estimate of drug-likeness (QED) is 0.599. The second-order valence-corrected chi connectivity index (χ2v) is 7.72. The molecule has 0 saturated carbocycles. The highest BCUT2D eigenvalue weighted by Gasteiger charge is 2.37. The van der Waals surface area contributed by atoms with Crippen LogP contribution in [0.25, 0.3) is 0 Å². The Morgan fingerprint density at radius 1 is 0.800 bits per heavy atom. The van der Waals surface area contributed by atoms with Gasteiger partial charge in [0.2, 0.25) is 3.79 Å². The first-order valence-corrected chi connectivity index (χ1v) is 8.55. The van der Waals surface area contributed by atoms with Gasteiger partial charge in [-0.05, 0) is 36.1 Å². The lowest BCUT2D eigenvalue weighted by Gasteiger charge is -2.24. The monoisotopic (exact) mass is 392 g/mol. The molecular weight excluding hydrogens is 379 g/mol. The topological polar surface area (TPSA) is 40.5 Å². The molecule has 0 aliphatic heterocycles. The Labute approximate surface area is 162 Å². The van der Waals surface area contributed by atoms with Gasteiger partial charge in [-0.3, -0.25) is 0 Å². The van der Waals surface area contributed by atoms with Crippen molar-refractivity contribution in [3.8, 4) is 23.7 Å². The molecule has 5 heteroatoms. The normalized spacial score (nSPS) is 12.4. The van der Waals surface area contributed by atoms with Gasteiger partial charge < -0.3 is 10.2 Å². The van der Waals surface area contributed by atoms with E-state index in [0.717, 1.165) is 0 Å². The predicted molar refractivity (Wildman–Crippen MR) is 103 cm³/mol. The Hall–Kier alpha value is -1.65. The average Bonchev–Trinajstić information content (AvgIpc) is 2.59. The molecule has 25 heavy (non-hydrogen) atoms. The highest BCUT2D eigenvalue weighted by atomic mass is 35.6. The minimum atomic E-state index is -1.95. The van der Waals surface area contributed by atoms with Crippen molar-refractivity contribution in [2.24, 2.45) is 0 Å². The molecule has 0 saturated heterocycles. The van der Waals surface area contributed by atoms with Gasteiger partial charge in [0.1, 0.15) is 6.10 Å². The molecule has 2 N–H and O–H groups in total. The maximum atomic E-state index is 10.8. The highest BCUT2D eigenvalue weighted by Crippen LogP contribution is 2.34. The number of aliphatic hydroxyl groups excluding tert-OH is 1. The van der Waals surface area contributed by atoms with Crippen molar-refractivity contribution >= 4 is 34.8 Å². The number of hydrogen-bond donors (Lipinski definition) is 2. The van der Waals surface area contributed by atoms with Crippen LogP contribution in [0.4, 0.5) is 0 Å². The van der Waals surface area contributed by atoms with Gasteiger partial charge in [0.15, 0.2) is 5.60 Å². The van der Waals surface area contributed by atoms with Crippen molar-refractivity contribution in [1.29, 1.82) is 0 Å². The SMILES string of the molecule is O[C@H](CC(O)(C#Cc1ccccc1)C#Cc1ccccc1)C(Cl)(Cl)Cl. The van der Waals surface area contributed by atoms with Crippen LogP contribution in [0.15, 0.2) is 60.7 Å². The lowest BCUT2D eigenvalue weighted by Crippen LogP contribution is -2.36. The molecule has 0 fully saturated rings. The summed E-state index contributed by atoms with van der Waals surface area (Å²) in [6.45, 7) is 0. The predicted octanol–water partition coefficient (Wildman–Crippen LogP) is 3.94. The number of rotatable bonds is 2. The van der Waals surface area contributed by atoms with Crippen molar-refractivity contribution in [2.75, 3.05) is 0 Å². The van der Waals surface area contributed by atoms with Crippen molar-refractivity contribution in [2.45, 2.75) is 21.9 Å². The zero-order valence-corrected chi connectivity index (χ0v) is 15.4. The van der Waals surface area contributed by atoms with Crippen LogP contribution in [0.1, 0.15) is 17.5 Å². The molecule has 0 amide bonds. The van der Waals surface area contributed by atoms with Gasteiger partial charge >= 0.3 is 0 Å². The molecule has 0 unspecified atom stereocenters. The maximum Gasteiger partial charge on any atom is 0.216 e. The Kier molecular flexibility index (Phi) is 6.79. The van der Waals surface area contributed by atoms with E-state index in [2.05, 4.69) is 23.7 Å². The van der Waals surface area contributed by atoms with Crippen LogP contribution < -0.4 is 0 Å². The summed E-state index contributed by atoms with van der Waals surface area (Å²) < 4.78 is -1.95.